The van der Waals surface area contributed by atoms with Crippen LogP contribution in [0.4, 0.5) is 4.39 Å². The number of amides is 1. The van der Waals surface area contributed by atoms with Crippen LogP contribution in [0.5, 0.6) is 0 Å². The van der Waals surface area contributed by atoms with Crippen molar-refractivity contribution in [3.05, 3.63) is 80.4 Å². The summed E-state index contributed by atoms with van der Waals surface area (Å²) in [5.41, 5.74) is 3.24. The number of nitrogens with zero attached hydrogens (tertiary/aromatic N) is 3. The van der Waals surface area contributed by atoms with Crippen LogP contribution < -0.4 is 5.56 Å². The molecule has 1 amide bonds. The van der Waals surface area contributed by atoms with Gasteiger partial charge in [-0.1, -0.05) is 0 Å². The van der Waals surface area contributed by atoms with Crippen LogP contribution in [0.3, 0.4) is 0 Å². The standard InChI is InChI=1S/C18H16FN3O2S/c1-12-7-8-22(15-5-3-13(19)4-6-15)18(24)16(12)17(23)21(2)9-14-10-25-11-20-14/h3-8,10-11H,9H2,1-2H3. The quantitative estimate of drug-likeness (QED) is 0.721. The Hall–Kier alpha value is -2.80. The van der Waals surface area contributed by atoms with Crippen molar-refractivity contribution in [3.63, 3.8) is 0 Å². The highest BCUT2D eigenvalue weighted by Crippen LogP contribution is 2.12. The van der Waals surface area contributed by atoms with Gasteiger partial charge < -0.3 is 4.90 Å². The summed E-state index contributed by atoms with van der Waals surface area (Å²) in [5, 5.41) is 1.86. The molecule has 7 heteroatoms. The summed E-state index contributed by atoms with van der Waals surface area (Å²) in [5.74, 6) is -0.754. The summed E-state index contributed by atoms with van der Waals surface area (Å²) in [7, 11) is 1.63. The number of rotatable bonds is 4. The molecule has 0 N–H and O–H groups in total. The predicted octanol–water partition coefficient (Wildman–Crippen LogP) is 3.01. The van der Waals surface area contributed by atoms with Crippen LogP contribution in [0.1, 0.15) is 21.6 Å². The van der Waals surface area contributed by atoms with E-state index in [2.05, 4.69) is 4.98 Å². The van der Waals surface area contributed by atoms with Crippen molar-refractivity contribution in [1.29, 1.82) is 0 Å². The second kappa shape index (κ2) is 6.98. The normalized spacial score (nSPS) is 10.7. The van der Waals surface area contributed by atoms with Gasteiger partial charge in [-0.2, -0.15) is 0 Å². The van der Waals surface area contributed by atoms with E-state index in [1.165, 1.54) is 45.1 Å². The third-order valence-corrected chi connectivity index (χ3v) is 4.48. The zero-order valence-corrected chi connectivity index (χ0v) is 14.6. The van der Waals surface area contributed by atoms with E-state index in [1.54, 1.807) is 31.7 Å². The fraction of sp³-hybridized carbons (Fsp3) is 0.167. The summed E-state index contributed by atoms with van der Waals surface area (Å²) in [6, 6.07) is 7.25. The van der Waals surface area contributed by atoms with Gasteiger partial charge in [0.25, 0.3) is 11.5 Å². The molecule has 0 bridgehead atoms. The third-order valence-electron chi connectivity index (χ3n) is 3.85. The van der Waals surface area contributed by atoms with E-state index in [0.717, 1.165) is 5.69 Å². The van der Waals surface area contributed by atoms with Gasteiger partial charge in [-0.25, -0.2) is 9.37 Å². The van der Waals surface area contributed by atoms with Crippen molar-refractivity contribution in [2.75, 3.05) is 7.05 Å². The Balaban J connectivity index is 1.98. The molecule has 0 spiro atoms. The monoisotopic (exact) mass is 357 g/mol. The molecule has 0 aliphatic carbocycles. The zero-order chi connectivity index (χ0) is 18.0. The number of pyridine rings is 1. The molecule has 0 fully saturated rings. The number of aryl methyl sites for hydroxylation is 1. The Bertz CT molecular complexity index is 949. The van der Waals surface area contributed by atoms with E-state index in [9.17, 15) is 14.0 Å². The van der Waals surface area contributed by atoms with Crippen molar-refractivity contribution in [2.45, 2.75) is 13.5 Å². The number of thiazole rings is 1. The first-order valence-corrected chi connectivity index (χ1v) is 8.52. The summed E-state index contributed by atoms with van der Waals surface area (Å²) in [6.45, 7) is 2.05. The van der Waals surface area contributed by atoms with Gasteiger partial charge in [0, 0.05) is 24.3 Å². The first kappa shape index (κ1) is 17.0. The topological polar surface area (TPSA) is 55.2 Å². The van der Waals surface area contributed by atoms with Crippen molar-refractivity contribution in [3.8, 4) is 5.69 Å². The third kappa shape index (κ3) is 3.51. The smallest absolute Gasteiger partial charge is 0.268 e. The van der Waals surface area contributed by atoms with Crippen LogP contribution in [0.25, 0.3) is 5.69 Å². The summed E-state index contributed by atoms with van der Waals surface area (Å²) in [6.07, 6.45) is 1.59. The SMILES string of the molecule is Cc1ccn(-c2ccc(F)cc2)c(=O)c1C(=O)N(C)Cc1cscn1. The van der Waals surface area contributed by atoms with E-state index in [1.807, 2.05) is 5.38 Å². The van der Waals surface area contributed by atoms with E-state index in [0.29, 0.717) is 17.8 Å². The number of benzene rings is 1. The molecule has 1 aromatic carbocycles. The van der Waals surface area contributed by atoms with Crippen LogP contribution in [0.15, 0.2) is 52.2 Å². The van der Waals surface area contributed by atoms with Gasteiger partial charge >= 0.3 is 0 Å². The Labute approximate surface area is 148 Å². The molecule has 0 saturated carbocycles. The molecule has 2 heterocycles. The number of hydrogen-bond donors (Lipinski definition) is 0. The lowest BCUT2D eigenvalue weighted by Crippen LogP contribution is -2.34. The minimum absolute atomic E-state index is 0.101. The largest absolute Gasteiger partial charge is 0.336 e. The van der Waals surface area contributed by atoms with Crippen molar-refractivity contribution in [2.24, 2.45) is 0 Å². The summed E-state index contributed by atoms with van der Waals surface area (Å²) in [4.78, 5) is 31.2. The highest BCUT2D eigenvalue weighted by molar-refractivity contribution is 7.07. The van der Waals surface area contributed by atoms with Crippen LogP contribution in [0.2, 0.25) is 0 Å². The number of hydrogen-bond acceptors (Lipinski definition) is 4. The van der Waals surface area contributed by atoms with E-state index in [-0.39, 0.29) is 17.3 Å². The maximum atomic E-state index is 13.1. The molecular formula is C18H16FN3O2S. The molecule has 2 aromatic heterocycles. The van der Waals surface area contributed by atoms with Gasteiger partial charge in [-0.3, -0.25) is 14.2 Å². The lowest BCUT2D eigenvalue weighted by Gasteiger charge is -2.18. The van der Waals surface area contributed by atoms with Crippen molar-refractivity contribution < 1.29 is 9.18 Å². The second-order valence-corrected chi connectivity index (χ2v) is 6.39. The Kier molecular flexibility index (Phi) is 4.76. The van der Waals surface area contributed by atoms with E-state index < -0.39 is 5.56 Å². The molecular weight excluding hydrogens is 341 g/mol. The first-order chi connectivity index (χ1) is 12.0. The maximum absolute atomic E-state index is 13.1. The van der Waals surface area contributed by atoms with Gasteiger partial charge in [0.2, 0.25) is 0 Å². The van der Waals surface area contributed by atoms with E-state index in [4.69, 9.17) is 0 Å². The van der Waals surface area contributed by atoms with Crippen LogP contribution >= 0.6 is 11.3 Å². The molecule has 0 aliphatic heterocycles. The average Bonchev–Trinajstić information content (AvgIpc) is 3.09. The van der Waals surface area contributed by atoms with Crippen LogP contribution in [-0.2, 0) is 6.54 Å². The molecule has 128 valence electrons. The highest BCUT2D eigenvalue weighted by Gasteiger charge is 2.20. The molecule has 0 radical (unpaired) electrons. The summed E-state index contributed by atoms with van der Waals surface area (Å²) < 4.78 is 14.5. The number of halogens is 1. The number of carbonyl (C=O) groups is 1. The van der Waals surface area contributed by atoms with Crippen LogP contribution in [0, 0.1) is 12.7 Å². The zero-order valence-electron chi connectivity index (χ0n) is 13.8. The Morgan fingerprint density at radius 1 is 1.28 bits per heavy atom. The molecule has 0 saturated heterocycles. The predicted molar refractivity (Wildman–Crippen MR) is 94.6 cm³/mol. The molecule has 25 heavy (non-hydrogen) atoms. The molecule has 0 aliphatic rings. The van der Waals surface area contributed by atoms with Gasteiger partial charge in [-0.15, -0.1) is 11.3 Å². The van der Waals surface area contributed by atoms with Crippen molar-refractivity contribution in [1.82, 2.24) is 14.5 Å². The Morgan fingerprint density at radius 3 is 2.64 bits per heavy atom. The second-order valence-electron chi connectivity index (χ2n) is 5.67. The minimum Gasteiger partial charge on any atom is -0.336 e. The molecule has 3 aromatic rings. The number of aromatic nitrogens is 2. The average molecular weight is 357 g/mol. The van der Waals surface area contributed by atoms with E-state index >= 15 is 0 Å². The van der Waals surface area contributed by atoms with Crippen LogP contribution in [-0.4, -0.2) is 27.4 Å². The molecule has 5 nitrogen and oxygen atoms in total. The molecule has 0 atom stereocenters. The Morgan fingerprint density at radius 2 is 2.00 bits per heavy atom. The summed E-state index contributed by atoms with van der Waals surface area (Å²) >= 11 is 1.45. The highest BCUT2D eigenvalue weighted by atomic mass is 32.1. The van der Waals surface area contributed by atoms with Gasteiger partial charge in [0.1, 0.15) is 11.4 Å². The van der Waals surface area contributed by atoms with Gasteiger partial charge in [0.05, 0.1) is 17.7 Å². The molecule has 0 unspecified atom stereocenters. The van der Waals surface area contributed by atoms with Gasteiger partial charge in [0.15, 0.2) is 0 Å². The fourth-order valence-electron chi connectivity index (χ4n) is 2.51. The maximum Gasteiger partial charge on any atom is 0.268 e. The lowest BCUT2D eigenvalue weighted by atomic mass is 10.1. The minimum atomic E-state index is -0.429. The lowest BCUT2D eigenvalue weighted by molar-refractivity contribution is 0.0780. The fourth-order valence-corrected chi connectivity index (χ4v) is 3.06. The first-order valence-electron chi connectivity index (χ1n) is 7.58. The number of carbonyl (C=O) groups excluding carboxylic acids is 1. The van der Waals surface area contributed by atoms with Gasteiger partial charge in [-0.05, 0) is 42.8 Å². The molecule has 3 rings (SSSR count). The van der Waals surface area contributed by atoms with Crippen molar-refractivity contribution >= 4 is 17.2 Å².